The van der Waals surface area contributed by atoms with Crippen LogP contribution in [0, 0.1) is 0 Å². The zero-order valence-corrected chi connectivity index (χ0v) is 9.54. The molecule has 0 amide bonds. The van der Waals surface area contributed by atoms with Crippen molar-refractivity contribution in [2.24, 2.45) is 0 Å². The third-order valence-corrected chi connectivity index (χ3v) is 3.35. The zero-order valence-electron chi connectivity index (χ0n) is 7.96. The lowest BCUT2D eigenvalue weighted by Gasteiger charge is -2.16. The number of aromatic nitrogens is 1. The fourth-order valence-electron chi connectivity index (χ4n) is 2.05. The van der Waals surface area contributed by atoms with Gasteiger partial charge in [0, 0.05) is 21.3 Å². The molecule has 1 aliphatic carbocycles. The molecule has 0 aliphatic heterocycles. The van der Waals surface area contributed by atoms with E-state index in [9.17, 15) is 0 Å². The molecule has 3 rings (SSSR count). The van der Waals surface area contributed by atoms with Crippen molar-refractivity contribution < 1.29 is 4.52 Å². The Hall–Kier alpha value is -1.29. The Kier molecular flexibility index (Phi) is 1.85. The topological polar surface area (TPSA) is 52.0 Å². The first-order chi connectivity index (χ1) is 7.25. The molecule has 2 aromatic rings. The van der Waals surface area contributed by atoms with E-state index in [1.165, 1.54) is 11.1 Å². The summed E-state index contributed by atoms with van der Waals surface area (Å²) in [6, 6.07) is 3.90. The van der Waals surface area contributed by atoms with Crippen molar-refractivity contribution in [3.05, 3.63) is 33.9 Å². The van der Waals surface area contributed by atoms with Gasteiger partial charge in [0.1, 0.15) is 0 Å². The minimum atomic E-state index is 0.781. The van der Waals surface area contributed by atoms with E-state index in [-0.39, 0.29) is 0 Å². The molecule has 0 atom stereocenters. The summed E-state index contributed by atoms with van der Waals surface area (Å²) in [5.41, 5.74) is 10.1. The predicted octanol–water partition coefficient (Wildman–Crippen LogP) is 2.78. The van der Waals surface area contributed by atoms with Gasteiger partial charge in [0.15, 0.2) is 5.76 Å². The molecule has 1 heterocycles. The number of fused-ring (bicyclic) bond motifs is 3. The molecule has 76 valence electrons. The van der Waals surface area contributed by atoms with Crippen LogP contribution in [0.25, 0.3) is 11.3 Å². The number of hydrogen-bond donors (Lipinski definition) is 1. The molecule has 1 aromatic heterocycles. The number of nitrogens with two attached hydrogens (primary N) is 1. The van der Waals surface area contributed by atoms with Crippen LogP contribution in [0.4, 0.5) is 5.69 Å². The third-order valence-electron chi connectivity index (χ3n) is 2.73. The van der Waals surface area contributed by atoms with Crippen LogP contribution in [0.5, 0.6) is 0 Å². The molecule has 0 unspecified atom stereocenters. The normalized spacial score (nSPS) is 13.4. The van der Waals surface area contributed by atoms with Crippen molar-refractivity contribution in [2.75, 3.05) is 5.73 Å². The summed E-state index contributed by atoms with van der Waals surface area (Å²) in [6.07, 6.45) is 3.76. The van der Waals surface area contributed by atoms with E-state index in [0.717, 1.165) is 34.3 Å². The molecule has 0 saturated heterocycles. The average molecular weight is 265 g/mol. The molecule has 2 N–H and O–H groups in total. The second-order valence-electron chi connectivity index (χ2n) is 3.72. The fourth-order valence-corrected chi connectivity index (χ4v) is 2.75. The van der Waals surface area contributed by atoms with Gasteiger partial charge in [0.05, 0.1) is 6.20 Å². The highest BCUT2D eigenvalue weighted by Gasteiger charge is 2.22. The van der Waals surface area contributed by atoms with Gasteiger partial charge in [0.25, 0.3) is 0 Å². The Balaban J connectivity index is 2.32. The Morgan fingerprint density at radius 1 is 1.27 bits per heavy atom. The first-order valence-electron chi connectivity index (χ1n) is 4.77. The summed E-state index contributed by atoms with van der Waals surface area (Å²) < 4.78 is 6.26. The van der Waals surface area contributed by atoms with Gasteiger partial charge in [-0.25, -0.2) is 0 Å². The summed E-state index contributed by atoms with van der Waals surface area (Å²) in [7, 11) is 0. The Labute approximate surface area is 95.4 Å². The van der Waals surface area contributed by atoms with Crippen LogP contribution >= 0.6 is 15.9 Å². The summed E-state index contributed by atoms with van der Waals surface area (Å²) in [6.45, 7) is 0. The van der Waals surface area contributed by atoms with Gasteiger partial charge in [-0.3, -0.25) is 0 Å². The largest absolute Gasteiger partial charge is 0.399 e. The van der Waals surface area contributed by atoms with Gasteiger partial charge in [-0.2, -0.15) is 0 Å². The molecular weight excluding hydrogens is 256 g/mol. The Morgan fingerprint density at radius 2 is 2.07 bits per heavy atom. The second kappa shape index (κ2) is 3.10. The molecule has 0 spiro atoms. The summed E-state index contributed by atoms with van der Waals surface area (Å²) >= 11 is 3.52. The van der Waals surface area contributed by atoms with E-state index >= 15 is 0 Å². The standard InChI is InChI=1S/C11H9BrN2O/c12-9-4-8(13)3-6-1-2-7-5-14-15-11(7)10(6)9/h3-5H,1-2,13H2. The lowest BCUT2D eigenvalue weighted by atomic mass is 9.91. The van der Waals surface area contributed by atoms with Gasteiger partial charge in [0.2, 0.25) is 0 Å². The smallest absolute Gasteiger partial charge is 0.171 e. The quantitative estimate of drug-likeness (QED) is 0.745. The number of hydrogen-bond acceptors (Lipinski definition) is 3. The van der Waals surface area contributed by atoms with Crippen LogP contribution in [0.3, 0.4) is 0 Å². The monoisotopic (exact) mass is 264 g/mol. The van der Waals surface area contributed by atoms with Gasteiger partial charge < -0.3 is 10.3 Å². The van der Waals surface area contributed by atoms with Crippen molar-refractivity contribution in [1.82, 2.24) is 5.16 Å². The van der Waals surface area contributed by atoms with Crippen LogP contribution in [-0.4, -0.2) is 5.16 Å². The SMILES string of the molecule is Nc1cc(Br)c2c(c1)CCc1cnoc1-2. The lowest BCUT2D eigenvalue weighted by Crippen LogP contribution is -2.03. The van der Waals surface area contributed by atoms with Crippen molar-refractivity contribution >= 4 is 21.6 Å². The van der Waals surface area contributed by atoms with Crippen LogP contribution < -0.4 is 5.73 Å². The zero-order chi connectivity index (χ0) is 10.4. The number of halogens is 1. The Morgan fingerprint density at radius 3 is 2.93 bits per heavy atom. The third kappa shape index (κ3) is 1.28. The van der Waals surface area contributed by atoms with Gasteiger partial charge in [-0.05, 0) is 46.5 Å². The highest BCUT2D eigenvalue weighted by molar-refractivity contribution is 9.10. The maximum atomic E-state index is 5.80. The van der Waals surface area contributed by atoms with E-state index in [1.807, 2.05) is 12.1 Å². The highest BCUT2D eigenvalue weighted by atomic mass is 79.9. The first kappa shape index (κ1) is 8.97. The number of anilines is 1. The van der Waals surface area contributed by atoms with E-state index in [0.29, 0.717) is 0 Å². The summed E-state index contributed by atoms with van der Waals surface area (Å²) in [4.78, 5) is 0. The van der Waals surface area contributed by atoms with Crippen molar-refractivity contribution in [3.8, 4) is 11.3 Å². The van der Waals surface area contributed by atoms with Gasteiger partial charge in [-0.1, -0.05) is 5.16 Å². The minimum Gasteiger partial charge on any atom is -0.399 e. The molecule has 3 nitrogen and oxygen atoms in total. The first-order valence-corrected chi connectivity index (χ1v) is 5.57. The number of rotatable bonds is 0. The molecule has 4 heteroatoms. The number of nitrogen functional groups attached to an aromatic ring is 1. The second-order valence-corrected chi connectivity index (χ2v) is 4.57. The number of aryl methyl sites for hydroxylation is 2. The Bertz CT molecular complexity index is 533. The van der Waals surface area contributed by atoms with Crippen LogP contribution in [0.1, 0.15) is 11.1 Å². The van der Waals surface area contributed by atoms with Gasteiger partial charge >= 0.3 is 0 Å². The molecule has 15 heavy (non-hydrogen) atoms. The molecule has 0 radical (unpaired) electrons. The molecule has 1 aliphatic rings. The predicted molar refractivity (Wildman–Crippen MR) is 61.5 cm³/mol. The average Bonchev–Trinajstić information content (AvgIpc) is 2.63. The summed E-state index contributed by atoms with van der Waals surface area (Å²) in [5, 5.41) is 3.84. The lowest BCUT2D eigenvalue weighted by molar-refractivity contribution is 0.430. The van der Waals surface area contributed by atoms with E-state index in [4.69, 9.17) is 10.3 Å². The highest BCUT2D eigenvalue weighted by Crippen LogP contribution is 2.39. The number of benzene rings is 1. The van der Waals surface area contributed by atoms with E-state index in [2.05, 4.69) is 21.1 Å². The molecular formula is C11H9BrN2O. The van der Waals surface area contributed by atoms with Crippen LogP contribution in [0.2, 0.25) is 0 Å². The summed E-state index contributed by atoms with van der Waals surface area (Å²) in [5.74, 6) is 0.878. The maximum absolute atomic E-state index is 5.80. The van der Waals surface area contributed by atoms with Crippen LogP contribution in [0.15, 0.2) is 27.3 Å². The maximum Gasteiger partial charge on any atom is 0.171 e. The minimum absolute atomic E-state index is 0.781. The molecule has 0 bridgehead atoms. The van der Waals surface area contributed by atoms with Crippen molar-refractivity contribution in [3.63, 3.8) is 0 Å². The van der Waals surface area contributed by atoms with Crippen LogP contribution in [-0.2, 0) is 12.8 Å². The fraction of sp³-hybridized carbons (Fsp3) is 0.182. The van der Waals surface area contributed by atoms with Gasteiger partial charge in [-0.15, -0.1) is 0 Å². The molecule has 1 aromatic carbocycles. The van der Waals surface area contributed by atoms with Crippen molar-refractivity contribution in [2.45, 2.75) is 12.8 Å². The molecule has 0 fully saturated rings. The molecule has 0 saturated carbocycles. The van der Waals surface area contributed by atoms with E-state index in [1.54, 1.807) is 6.20 Å². The van der Waals surface area contributed by atoms with Crippen molar-refractivity contribution in [1.29, 1.82) is 0 Å². The number of nitrogens with zero attached hydrogens (tertiary/aromatic N) is 1. The van der Waals surface area contributed by atoms with E-state index < -0.39 is 0 Å².